The number of rotatable bonds is 1. The lowest BCUT2D eigenvalue weighted by molar-refractivity contribution is -0.145. The molecule has 0 radical (unpaired) electrons. The van der Waals surface area contributed by atoms with Crippen LogP contribution in [-0.4, -0.2) is 22.6 Å². The first-order valence-electron chi connectivity index (χ1n) is 4.41. The van der Waals surface area contributed by atoms with E-state index in [-0.39, 0.29) is 12.0 Å². The highest BCUT2D eigenvalue weighted by atomic mass is 16.5. The summed E-state index contributed by atoms with van der Waals surface area (Å²) in [4.78, 5) is 15.4. The Bertz CT molecular complexity index is 319. The first-order chi connectivity index (χ1) is 6.33. The minimum atomic E-state index is -0.168. The van der Waals surface area contributed by atoms with Crippen molar-refractivity contribution in [2.24, 2.45) is 0 Å². The summed E-state index contributed by atoms with van der Waals surface area (Å²) in [6.07, 6.45) is 6.42. The molecule has 2 rings (SSSR count). The smallest absolute Gasteiger partial charge is 0.328 e. The number of methoxy groups -OCH3 is 1. The molecule has 0 bridgehead atoms. The third kappa shape index (κ3) is 1.32. The number of imidazole rings is 1. The highest BCUT2D eigenvalue weighted by molar-refractivity contribution is 5.74. The SMILES string of the molecule is COC(=O)C1CCCc2cncn21. The van der Waals surface area contributed by atoms with Crippen LogP contribution in [0.1, 0.15) is 24.6 Å². The molecule has 0 aliphatic carbocycles. The van der Waals surface area contributed by atoms with Gasteiger partial charge in [0.25, 0.3) is 0 Å². The normalized spacial score (nSPS) is 20.8. The molecule has 1 aromatic heterocycles. The molecule has 2 heterocycles. The molecule has 1 aliphatic heterocycles. The maximum Gasteiger partial charge on any atom is 0.328 e. The van der Waals surface area contributed by atoms with E-state index in [1.54, 1.807) is 6.33 Å². The first kappa shape index (κ1) is 8.29. The minimum absolute atomic E-state index is 0.156. The summed E-state index contributed by atoms with van der Waals surface area (Å²) in [5.74, 6) is -0.168. The van der Waals surface area contributed by atoms with Crippen LogP contribution in [0.15, 0.2) is 12.5 Å². The fourth-order valence-corrected chi connectivity index (χ4v) is 1.79. The second-order valence-corrected chi connectivity index (χ2v) is 3.22. The number of ether oxygens (including phenoxy) is 1. The van der Waals surface area contributed by atoms with E-state index in [0.29, 0.717) is 0 Å². The first-order valence-corrected chi connectivity index (χ1v) is 4.41. The van der Waals surface area contributed by atoms with E-state index >= 15 is 0 Å². The zero-order valence-corrected chi connectivity index (χ0v) is 7.56. The third-order valence-corrected chi connectivity index (χ3v) is 2.47. The fourth-order valence-electron chi connectivity index (χ4n) is 1.79. The van der Waals surface area contributed by atoms with Gasteiger partial charge in [-0.3, -0.25) is 0 Å². The molecule has 1 aliphatic rings. The second-order valence-electron chi connectivity index (χ2n) is 3.22. The highest BCUT2D eigenvalue weighted by Crippen LogP contribution is 2.24. The Morgan fingerprint density at radius 3 is 3.38 bits per heavy atom. The molecule has 4 nitrogen and oxygen atoms in total. The number of hydrogen-bond donors (Lipinski definition) is 0. The van der Waals surface area contributed by atoms with Gasteiger partial charge in [0.1, 0.15) is 6.04 Å². The predicted molar refractivity (Wildman–Crippen MR) is 46.2 cm³/mol. The van der Waals surface area contributed by atoms with Gasteiger partial charge in [-0.05, 0) is 19.3 Å². The van der Waals surface area contributed by atoms with E-state index in [0.717, 1.165) is 25.0 Å². The molecule has 0 fully saturated rings. The van der Waals surface area contributed by atoms with Crippen LogP contribution >= 0.6 is 0 Å². The van der Waals surface area contributed by atoms with Gasteiger partial charge in [-0.2, -0.15) is 0 Å². The average molecular weight is 180 g/mol. The highest BCUT2D eigenvalue weighted by Gasteiger charge is 2.26. The number of hydrogen-bond acceptors (Lipinski definition) is 3. The van der Waals surface area contributed by atoms with Gasteiger partial charge in [0.2, 0.25) is 0 Å². The van der Waals surface area contributed by atoms with Crippen LogP contribution < -0.4 is 0 Å². The van der Waals surface area contributed by atoms with E-state index in [4.69, 9.17) is 4.74 Å². The molecule has 0 aromatic carbocycles. The van der Waals surface area contributed by atoms with Crippen molar-refractivity contribution >= 4 is 5.97 Å². The van der Waals surface area contributed by atoms with Crippen molar-refractivity contribution in [1.29, 1.82) is 0 Å². The molecule has 4 heteroatoms. The number of aryl methyl sites for hydroxylation is 1. The summed E-state index contributed by atoms with van der Waals surface area (Å²) < 4.78 is 6.64. The monoisotopic (exact) mass is 180 g/mol. The molecule has 0 amide bonds. The number of carbonyl (C=O) groups is 1. The van der Waals surface area contributed by atoms with Crippen molar-refractivity contribution in [3.8, 4) is 0 Å². The molecule has 13 heavy (non-hydrogen) atoms. The summed E-state index contributed by atoms with van der Waals surface area (Å²) >= 11 is 0. The molecule has 0 N–H and O–H groups in total. The van der Waals surface area contributed by atoms with Crippen molar-refractivity contribution in [2.75, 3.05) is 7.11 Å². The van der Waals surface area contributed by atoms with Crippen LogP contribution in [0.5, 0.6) is 0 Å². The van der Waals surface area contributed by atoms with Crippen LogP contribution in [-0.2, 0) is 16.0 Å². The Balaban J connectivity index is 2.30. The standard InChI is InChI=1S/C9H12N2O2/c1-13-9(12)8-4-2-3-7-5-10-6-11(7)8/h5-6,8H,2-4H2,1H3. The van der Waals surface area contributed by atoms with Crippen LogP contribution in [0.3, 0.4) is 0 Å². The van der Waals surface area contributed by atoms with E-state index in [2.05, 4.69) is 4.98 Å². The van der Waals surface area contributed by atoms with Gasteiger partial charge in [0, 0.05) is 11.9 Å². The van der Waals surface area contributed by atoms with Gasteiger partial charge in [-0.15, -0.1) is 0 Å². The molecule has 0 saturated heterocycles. The summed E-state index contributed by atoms with van der Waals surface area (Å²) in [6.45, 7) is 0. The molecular formula is C9H12N2O2. The van der Waals surface area contributed by atoms with Crippen molar-refractivity contribution in [3.63, 3.8) is 0 Å². The van der Waals surface area contributed by atoms with Gasteiger partial charge in [-0.1, -0.05) is 0 Å². The van der Waals surface area contributed by atoms with Crippen LogP contribution in [0.25, 0.3) is 0 Å². The number of carbonyl (C=O) groups excluding carboxylic acids is 1. The quantitative estimate of drug-likeness (QED) is 0.604. The van der Waals surface area contributed by atoms with Crippen molar-refractivity contribution in [3.05, 3.63) is 18.2 Å². The van der Waals surface area contributed by atoms with E-state index in [1.165, 1.54) is 7.11 Å². The summed E-state index contributed by atoms with van der Waals surface area (Å²) in [6, 6.07) is -0.156. The number of aromatic nitrogens is 2. The Kier molecular flexibility index (Phi) is 2.04. The Morgan fingerprint density at radius 2 is 2.62 bits per heavy atom. The average Bonchev–Trinajstić information content (AvgIpc) is 2.63. The maximum atomic E-state index is 11.4. The van der Waals surface area contributed by atoms with Gasteiger partial charge < -0.3 is 9.30 Å². The summed E-state index contributed by atoms with van der Waals surface area (Å²) in [5, 5.41) is 0. The summed E-state index contributed by atoms with van der Waals surface area (Å²) in [7, 11) is 1.42. The third-order valence-electron chi connectivity index (χ3n) is 2.47. The van der Waals surface area contributed by atoms with Crippen LogP contribution in [0.4, 0.5) is 0 Å². The summed E-state index contributed by atoms with van der Waals surface area (Å²) in [5.41, 5.74) is 1.13. The van der Waals surface area contributed by atoms with E-state index < -0.39 is 0 Å². The molecule has 1 unspecified atom stereocenters. The topological polar surface area (TPSA) is 44.1 Å². The van der Waals surface area contributed by atoms with Gasteiger partial charge >= 0.3 is 5.97 Å². The van der Waals surface area contributed by atoms with E-state index in [9.17, 15) is 4.79 Å². The lowest BCUT2D eigenvalue weighted by atomic mass is 10.0. The second kappa shape index (κ2) is 3.20. The number of fused-ring (bicyclic) bond motifs is 1. The van der Waals surface area contributed by atoms with Crippen molar-refractivity contribution in [1.82, 2.24) is 9.55 Å². The largest absolute Gasteiger partial charge is 0.467 e. The van der Waals surface area contributed by atoms with Crippen LogP contribution in [0, 0.1) is 0 Å². The molecule has 0 saturated carbocycles. The molecule has 0 spiro atoms. The Hall–Kier alpha value is -1.32. The molecule has 1 atom stereocenters. The minimum Gasteiger partial charge on any atom is -0.467 e. The van der Waals surface area contributed by atoms with Crippen molar-refractivity contribution < 1.29 is 9.53 Å². The van der Waals surface area contributed by atoms with E-state index in [1.807, 2.05) is 10.8 Å². The van der Waals surface area contributed by atoms with Crippen molar-refractivity contribution in [2.45, 2.75) is 25.3 Å². The Labute approximate surface area is 76.5 Å². The molecule has 1 aromatic rings. The molecule has 70 valence electrons. The fraction of sp³-hybridized carbons (Fsp3) is 0.556. The lowest BCUT2D eigenvalue weighted by Crippen LogP contribution is -2.25. The van der Waals surface area contributed by atoms with Gasteiger partial charge in [0.05, 0.1) is 13.4 Å². The predicted octanol–water partition coefficient (Wildman–Crippen LogP) is 0.933. The van der Waals surface area contributed by atoms with Crippen LogP contribution in [0.2, 0.25) is 0 Å². The zero-order chi connectivity index (χ0) is 9.26. The zero-order valence-electron chi connectivity index (χ0n) is 7.56. The number of nitrogens with zero attached hydrogens (tertiary/aromatic N) is 2. The number of esters is 1. The van der Waals surface area contributed by atoms with Gasteiger partial charge in [0.15, 0.2) is 0 Å². The lowest BCUT2D eigenvalue weighted by Gasteiger charge is -2.22. The maximum absolute atomic E-state index is 11.4. The van der Waals surface area contributed by atoms with Gasteiger partial charge in [-0.25, -0.2) is 9.78 Å². The Morgan fingerprint density at radius 1 is 1.77 bits per heavy atom. The molecular weight excluding hydrogens is 168 g/mol.